The molecule has 2 N–H and O–H groups in total. The SMILES string of the molecule is O=C(NC1CCCCCCCCCCC1)c1nn(-c2ccccc2)c(=O)[nH]1. The number of aromatic nitrogens is 3. The third-order valence-corrected chi connectivity index (χ3v) is 5.27. The zero-order valence-electron chi connectivity index (χ0n) is 16.0. The normalized spacial score (nSPS) is 17.6. The molecule has 1 amide bonds. The van der Waals surface area contributed by atoms with Crippen molar-refractivity contribution in [3.05, 3.63) is 46.6 Å². The minimum absolute atomic E-state index is 0.0787. The molecule has 1 aromatic carbocycles. The molecule has 0 bridgehead atoms. The standard InChI is InChI=1S/C21H30N4O2/c26-20(19-23-21(27)25(24-19)18-15-11-8-12-16-18)22-17-13-9-6-4-2-1-3-5-7-10-14-17/h8,11-12,15-17H,1-7,9-10,13-14H2,(H,22,26)(H,23,24,27). The molecule has 0 spiro atoms. The van der Waals surface area contributed by atoms with E-state index in [4.69, 9.17) is 0 Å². The molecule has 0 aliphatic heterocycles. The first-order valence-electron chi connectivity index (χ1n) is 10.3. The van der Waals surface area contributed by atoms with Crippen molar-refractivity contribution in [3.63, 3.8) is 0 Å². The van der Waals surface area contributed by atoms with E-state index in [1.807, 2.05) is 18.2 Å². The van der Waals surface area contributed by atoms with Crippen molar-refractivity contribution in [2.75, 3.05) is 0 Å². The van der Waals surface area contributed by atoms with Crippen LogP contribution in [0, 0.1) is 0 Å². The highest BCUT2D eigenvalue weighted by molar-refractivity contribution is 5.90. The minimum atomic E-state index is -0.398. The number of para-hydroxylation sites is 1. The summed E-state index contributed by atoms with van der Waals surface area (Å²) in [5.41, 5.74) is 0.244. The Morgan fingerprint density at radius 1 is 0.926 bits per heavy atom. The van der Waals surface area contributed by atoms with E-state index in [-0.39, 0.29) is 17.8 Å². The van der Waals surface area contributed by atoms with Crippen LogP contribution in [-0.4, -0.2) is 26.7 Å². The van der Waals surface area contributed by atoms with Gasteiger partial charge in [0.2, 0.25) is 5.82 Å². The molecule has 0 saturated heterocycles. The number of rotatable bonds is 3. The molecule has 3 rings (SSSR count). The lowest BCUT2D eigenvalue weighted by Crippen LogP contribution is -2.35. The first kappa shape index (κ1) is 19.4. The molecule has 1 aliphatic rings. The van der Waals surface area contributed by atoms with Crippen LogP contribution in [0.4, 0.5) is 0 Å². The molecule has 1 aromatic heterocycles. The number of H-pyrrole nitrogens is 1. The number of hydrogen-bond acceptors (Lipinski definition) is 3. The van der Waals surface area contributed by atoms with Gasteiger partial charge in [-0.25, -0.2) is 4.79 Å². The lowest BCUT2D eigenvalue weighted by molar-refractivity contribution is 0.0921. The maximum Gasteiger partial charge on any atom is 0.348 e. The highest BCUT2D eigenvalue weighted by Gasteiger charge is 2.18. The van der Waals surface area contributed by atoms with Crippen LogP contribution in [-0.2, 0) is 0 Å². The largest absolute Gasteiger partial charge is 0.348 e. The molecule has 6 heteroatoms. The Hall–Kier alpha value is -2.37. The van der Waals surface area contributed by atoms with Gasteiger partial charge in [0.25, 0.3) is 5.91 Å². The summed E-state index contributed by atoms with van der Waals surface area (Å²) in [6.45, 7) is 0. The van der Waals surface area contributed by atoms with E-state index in [9.17, 15) is 9.59 Å². The Balaban J connectivity index is 1.63. The van der Waals surface area contributed by atoms with E-state index < -0.39 is 5.69 Å². The monoisotopic (exact) mass is 370 g/mol. The van der Waals surface area contributed by atoms with Gasteiger partial charge in [0, 0.05) is 6.04 Å². The predicted molar refractivity (Wildman–Crippen MR) is 106 cm³/mol. The van der Waals surface area contributed by atoms with Crippen molar-refractivity contribution >= 4 is 5.91 Å². The molecule has 1 aliphatic carbocycles. The van der Waals surface area contributed by atoms with Crippen molar-refractivity contribution < 1.29 is 4.79 Å². The Kier molecular flexibility index (Phi) is 7.25. The summed E-state index contributed by atoms with van der Waals surface area (Å²) in [6, 6.07) is 9.27. The number of aromatic amines is 1. The van der Waals surface area contributed by atoms with E-state index >= 15 is 0 Å². The fourth-order valence-electron chi connectivity index (χ4n) is 3.73. The highest BCUT2D eigenvalue weighted by atomic mass is 16.2. The summed E-state index contributed by atoms with van der Waals surface area (Å²) in [4.78, 5) is 27.4. The molecule has 1 heterocycles. The number of carbonyl (C=O) groups excluding carboxylic acids is 1. The van der Waals surface area contributed by atoms with Crippen LogP contribution in [0.2, 0.25) is 0 Å². The second-order valence-corrected chi connectivity index (χ2v) is 7.46. The van der Waals surface area contributed by atoms with Crippen LogP contribution < -0.4 is 11.0 Å². The van der Waals surface area contributed by atoms with Crippen molar-refractivity contribution in [2.45, 2.75) is 76.7 Å². The van der Waals surface area contributed by atoms with Crippen LogP contribution in [0.1, 0.15) is 81.2 Å². The van der Waals surface area contributed by atoms with Gasteiger partial charge in [-0.2, -0.15) is 4.68 Å². The fraction of sp³-hybridized carbons (Fsp3) is 0.571. The molecular formula is C21H30N4O2. The number of nitrogens with one attached hydrogen (secondary N) is 2. The van der Waals surface area contributed by atoms with Gasteiger partial charge in [-0.05, 0) is 25.0 Å². The second-order valence-electron chi connectivity index (χ2n) is 7.46. The molecule has 0 unspecified atom stereocenters. The van der Waals surface area contributed by atoms with Gasteiger partial charge in [0.1, 0.15) is 0 Å². The minimum Gasteiger partial charge on any atom is -0.347 e. The summed E-state index contributed by atoms with van der Waals surface area (Å²) in [7, 11) is 0. The zero-order valence-corrected chi connectivity index (χ0v) is 16.0. The molecular weight excluding hydrogens is 340 g/mol. The quantitative estimate of drug-likeness (QED) is 0.858. The second kappa shape index (κ2) is 10.1. The molecule has 1 fully saturated rings. The number of carbonyl (C=O) groups is 1. The zero-order chi connectivity index (χ0) is 18.9. The molecule has 1 saturated carbocycles. The highest BCUT2D eigenvalue weighted by Crippen LogP contribution is 2.17. The van der Waals surface area contributed by atoms with Gasteiger partial charge in [0.15, 0.2) is 0 Å². The first-order chi connectivity index (χ1) is 13.2. The van der Waals surface area contributed by atoms with Crippen molar-refractivity contribution in [2.24, 2.45) is 0 Å². The summed E-state index contributed by atoms with van der Waals surface area (Å²) in [5, 5.41) is 7.28. The molecule has 0 atom stereocenters. The van der Waals surface area contributed by atoms with Crippen LogP contribution in [0.25, 0.3) is 5.69 Å². The third-order valence-electron chi connectivity index (χ3n) is 5.27. The van der Waals surface area contributed by atoms with Gasteiger partial charge >= 0.3 is 5.69 Å². The van der Waals surface area contributed by atoms with Crippen molar-refractivity contribution in [1.29, 1.82) is 0 Å². The summed E-state index contributed by atoms with van der Waals surface area (Å²) in [5.74, 6) is -0.214. The summed E-state index contributed by atoms with van der Waals surface area (Å²) >= 11 is 0. The molecule has 146 valence electrons. The fourth-order valence-corrected chi connectivity index (χ4v) is 3.73. The maximum absolute atomic E-state index is 12.6. The van der Waals surface area contributed by atoms with Gasteiger partial charge < -0.3 is 5.32 Å². The average Bonchev–Trinajstić information content (AvgIpc) is 3.06. The predicted octanol–water partition coefficient (Wildman–Crippen LogP) is 3.96. The number of benzene rings is 1. The number of hydrogen-bond donors (Lipinski definition) is 2. The van der Waals surface area contributed by atoms with Crippen molar-refractivity contribution in [3.8, 4) is 5.69 Å². The van der Waals surface area contributed by atoms with Crippen LogP contribution in [0.15, 0.2) is 35.1 Å². The number of amides is 1. The Morgan fingerprint density at radius 2 is 1.48 bits per heavy atom. The lowest BCUT2D eigenvalue weighted by atomic mass is 9.98. The Bertz CT molecular complexity index is 754. The van der Waals surface area contributed by atoms with Gasteiger partial charge in [-0.1, -0.05) is 76.0 Å². The van der Waals surface area contributed by atoms with Crippen LogP contribution in [0.5, 0.6) is 0 Å². The van der Waals surface area contributed by atoms with E-state index in [1.54, 1.807) is 12.1 Å². The molecule has 6 nitrogen and oxygen atoms in total. The smallest absolute Gasteiger partial charge is 0.347 e. The van der Waals surface area contributed by atoms with Crippen LogP contribution in [0.3, 0.4) is 0 Å². The topological polar surface area (TPSA) is 79.8 Å². The third kappa shape index (κ3) is 5.81. The van der Waals surface area contributed by atoms with Crippen molar-refractivity contribution in [1.82, 2.24) is 20.1 Å². The van der Waals surface area contributed by atoms with Crippen LogP contribution >= 0.6 is 0 Å². The van der Waals surface area contributed by atoms with Gasteiger partial charge in [-0.15, -0.1) is 5.10 Å². The maximum atomic E-state index is 12.6. The Labute approximate surface area is 160 Å². The lowest BCUT2D eigenvalue weighted by Gasteiger charge is -2.18. The van der Waals surface area contributed by atoms with E-state index in [0.29, 0.717) is 5.69 Å². The number of nitrogens with zero attached hydrogens (tertiary/aromatic N) is 2. The molecule has 27 heavy (non-hydrogen) atoms. The molecule has 0 radical (unpaired) electrons. The van der Waals surface area contributed by atoms with E-state index in [2.05, 4.69) is 15.4 Å². The summed E-state index contributed by atoms with van der Waals surface area (Å²) < 4.78 is 1.23. The van der Waals surface area contributed by atoms with E-state index in [1.165, 1.54) is 49.6 Å². The van der Waals surface area contributed by atoms with Gasteiger partial charge in [-0.3, -0.25) is 9.78 Å². The average molecular weight is 370 g/mol. The molecule has 2 aromatic rings. The van der Waals surface area contributed by atoms with Gasteiger partial charge in [0.05, 0.1) is 5.69 Å². The Morgan fingerprint density at radius 3 is 2.07 bits per heavy atom. The summed E-state index contributed by atoms with van der Waals surface area (Å²) in [6.07, 6.45) is 13.3. The van der Waals surface area contributed by atoms with E-state index in [0.717, 1.165) is 25.7 Å². The first-order valence-corrected chi connectivity index (χ1v) is 10.3.